The number of anilines is 2. The lowest BCUT2D eigenvalue weighted by atomic mass is 10.1. The van der Waals surface area contributed by atoms with E-state index in [1.165, 1.54) is 48.7 Å². The van der Waals surface area contributed by atoms with Crippen LogP contribution < -0.4 is 25.4 Å². The van der Waals surface area contributed by atoms with E-state index >= 15 is 0 Å². The number of imide groups is 1. The van der Waals surface area contributed by atoms with Gasteiger partial charge in [-0.15, -0.1) is 0 Å². The zero-order valence-corrected chi connectivity index (χ0v) is 23.0. The highest BCUT2D eigenvalue weighted by atomic mass is 19.1. The number of H-pyrrole nitrogens is 1. The van der Waals surface area contributed by atoms with Crippen LogP contribution in [0.15, 0.2) is 97.7 Å². The van der Waals surface area contributed by atoms with Crippen molar-refractivity contribution in [3.05, 3.63) is 121 Å². The zero-order valence-electron chi connectivity index (χ0n) is 23.0. The van der Waals surface area contributed by atoms with Gasteiger partial charge in [-0.1, -0.05) is 24.8 Å². The van der Waals surface area contributed by atoms with E-state index in [2.05, 4.69) is 32.5 Å². The van der Waals surface area contributed by atoms with Gasteiger partial charge >= 0.3 is 6.03 Å². The molecule has 44 heavy (non-hydrogen) atoms. The fourth-order valence-corrected chi connectivity index (χ4v) is 4.14. The third-order valence-corrected chi connectivity index (χ3v) is 6.17. The summed E-state index contributed by atoms with van der Waals surface area (Å²) in [5.41, 5.74) is 2.34. The normalized spacial score (nSPS) is 10.6. The Kier molecular flexibility index (Phi) is 8.90. The summed E-state index contributed by atoms with van der Waals surface area (Å²) < 4.78 is 39.7. The molecule has 2 aromatic heterocycles. The molecule has 0 radical (unpaired) electrons. The molecule has 4 amide bonds. The number of benzene rings is 3. The molecule has 0 bridgehead atoms. The number of pyridine rings is 1. The van der Waals surface area contributed by atoms with Crippen LogP contribution in [-0.2, 0) is 22.6 Å². The molecule has 0 saturated carbocycles. The van der Waals surface area contributed by atoms with Crippen LogP contribution in [0.3, 0.4) is 0 Å². The van der Waals surface area contributed by atoms with E-state index in [4.69, 9.17) is 9.47 Å². The van der Waals surface area contributed by atoms with Crippen molar-refractivity contribution < 1.29 is 32.6 Å². The van der Waals surface area contributed by atoms with Crippen LogP contribution >= 0.6 is 0 Å². The van der Waals surface area contributed by atoms with Crippen LogP contribution in [0.25, 0.3) is 11.0 Å². The Morgan fingerprint density at radius 3 is 2.48 bits per heavy atom. The molecule has 0 aliphatic heterocycles. The Balaban J connectivity index is 1.20. The summed E-state index contributed by atoms with van der Waals surface area (Å²) in [7, 11) is 0. The molecule has 0 aliphatic carbocycles. The Labute approximate surface area is 249 Å². The molecule has 0 saturated heterocycles. The van der Waals surface area contributed by atoms with Crippen LogP contribution in [0.5, 0.6) is 17.2 Å². The van der Waals surface area contributed by atoms with E-state index in [0.717, 1.165) is 6.07 Å². The second kappa shape index (κ2) is 13.3. The average molecular weight is 598 g/mol. The lowest BCUT2D eigenvalue weighted by molar-refractivity contribution is -0.119. The quantitative estimate of drug-likeness (QED) is 0.141. The van der Waals surface area contributed by atoms with E-state index in [-0.39, 0.29) is 30.4 Å². The second-order valence-electron chi connectivity index (χ2n) is 9.43. The van der Waals surface area contributed by atoms with Crippen LogP contribution in [0, 0.1) is 11.6 Å². The van der Waals surface area contributed by atoms with Crippen molar-refractivity contribution in [2.24, 2.45) is 0 Å². The second-order valence-corrected chi connectivity index (χ2v) is 9.43. The maximum Gasteiger partial charge on any atom is 0.325 e. The number of nitrogens with zero attached hydrogens (tertiary/aromatic N) is 1. The monoisotopic (exact) mass is 597 g/mol. The number of carbonyl (C=O) groups excluding carboxylic acids is 3. The molecule has 0 atom stereocenters. The van der Waals surface area contributed by atoms with Crippen molar-refractivity contribution in [2.75, 3.05) is 10.6 Å². The van der Waals surface area contributed by atoms with Crippen LogP contribution in [-0.4, -0.2) is 27.8 Å². The molecular weight excluding hydrogens is 572 g/mol. The van der Waals surface area contributed by atoms with Crippen molar-refractivity contribution in [1.82, 2.24) is 15.3 Å². The van der Waals surface area contributed by atoms with Crippen LogP contribution in [0.1, 0.15) is 11.3 Å². The molecule has 5 rings (SSSR count). The first-order chi connectivity index (χ1) is 21.2. The highest BCUT2D eigenvalue weighted by Gasteiger charge is 2.14. The number of hydrogen-bond donors (Lipinski definition) is 4. The summed E-state index contributed by atoms with van der Waals surface area (Å²) in [6, 6.07) is 18.5. The highest BCUT2D eigenvalue weighted by molar-refractivity contribution is 6.01. The van der Waals surface area contributed by atoms with Crippen molar-refractivity contribution >= 4 is 40.3 Å². The van der Waals surface area contributed by atoms with E-state index < -0.39 is 23.6 Å². The molecule has 0 aliphatic rings. The van der Waals surface area contributed by atoms with Gasteiger partial charge in [-0.05, 0) is 60.2 Å². The van der Waals surface area contributed by atoms with Crippen molar-refractivity contribution in [2.45, 2.75) is 13.0 Å². The van der Waals surface area contributed by atoms with Gasteiger partial charge in [0.05, 0.1) is 17.5 Å². The number of nitrogens with one attached hydrogen (secondary N) is 4. The molecule has 5 aromatic rings. The van der Waals surface area contributed by atoms with E-state index in [9.17, 15) is 23.2 Å². The fraction of sp³-hybridized carbons (Fsp3) is 0.0625. The minimum Gasteiger partial charge on any atom is -0.487 e. The predicted octanol–water partition coefficient (Wildman–Crippen LogP) is 6.23. The van der Waals surface area contributed by atoms with E-state index in [0.29, 0.717) is 39.5 Å². The number of amides is 4. The average Bonchev–Trinajstić information content (AvgIpc) is 3.43. The molecule has 12 heteroatoms. The molecule has 0 spiro atoms. The zero-order chi connectivity index (χ0) is 31.1. The first-order valence-corrected chi connectivity index (χ1v) is 13.2. The van der Waals surface area contributed by atoms with Gasteiger partial charge in [0.1, 0.15) is 29.6 Å². The van der Waals surface area contributed by atoms with Crippen LogP contribution in [0.2, 0.25) is 0 Å². The Morgan fingerprint density at radius 2 is 1.70 bits per heavy atom. The van der Waals surface area contributed by atoms with Gasteiger partial charge in [0.25, 0.3) is 0 Å². The van der Waals surface area contributed by atoms with Crippen molar-refractivity contribution in [1.29, 1.82) is 0 Å². The number of rotatable bonds is 10. The lowest BCUT2D eigenvalue weighted by Gasteiger charge is -2.10. The van der Waals surface area contributed by atoms with Gasteiger partial charge in [0.2, 0.25) is 11.8 Å². The first-order valence-electron chi connectivity index (χ1n) is 13.2. The summed E-state index contributed by atoms with van der Waals surface area (Å²) in [6.45, 7) is 3.58. The maximum atomic E-state index is 14.9. The molecule has 10 nitrogen and oxygen atoms in total. The molecular formula is C32H25F2N5O5. The van der Waals surface area contributed by atoms with Gasteiger partial charge in [-0.3, -0.25) is 14.9 Å². The first kappa shape index (κ1) is 29.5. The predicted molar refractivity (Wildman–Crippen MR) is 159 cm³/mol. The Morgan fingerprint density at radius 1 is 0.909 bits per heavy atom. The third-order valence-electron chi connectivity index (χ3n) is 6.17. The van der Waals surface area contributed by atoms with Crippen LogP contribution in [0.4, 0.5) is 25.0 Å². The molecule has 4 N–H and O–H groups in total. The highest BCUT2D eigenvalue weighted by Crippen LogP contribution is 2.32. The number of hydrogen-bond acceptors (Lipinski definition) is 6. The molecule has 3 aromatic carbocycles. The number of carbonyl (C=O) groups is 3. The van der Waals surface area contributed by atoms with E-state index in [1.807, 2.05) is 0 Å². The molecule has 2 heterocycles. The van der Waals surface area contributed by atoms with Gasteiger partial charge in [-0.25, -0.2) is 18.6 Å². The minimum atomic E-state index is -0.851. The molecule has 0 unspecified atom stereocenters. The van der Waals surface area contributed by atoms with Gasteiger partial charge in [0.15, 0.2) is 11.6 Å². The Hall–Kier alpha value is -6.04. The smallest absolute Gasteiger partial charge is 0.325 e. The standard InChI is InChI=1S/C32H25F2N5O5/c1-2-29(40)36-21-4-3-5-24(15-21)43-18-23-16-25-27(12-13-35-31(25)37-23)44-28-11-10-22(17-26(28)34)38-32(42)39-30(41)14-19-6-8-20(33)9-7-19/h2-13,15-17H,1,14,18H2,(H,35,37)(H,36,40)(H2,38,39,41,42). The minimum absolute atomic E-state index is 0.0935. The summed E-state index contributed by atoms with van der Waals surface area (Å²) in [4.78, 5) is 43.3. The molecule has 0 fully saturated rings. The summed E-state index contributed by atoms with van der Waals surface area (Å²) >= 11 is 0. The van der Waals surface area contributed by atoms with Crippen molar-refractivity contribution in [3.63, 3.8) is 0 Å². The van der Waals surface area contributed by atoms with Crippen molar-refractivity contribution in [3.8, 4) is 17.2 Å². The Bertz CT molecular complexity index is 1860. The number of halogens is 2. The number of urea groups is 1. The largest absolute Gasteiger partial charge is 0.487 e. The summed E-state index contributed by atoms with van der Waals surface area (Å²) in [5, 5.41) is 7.79. The maximum absolute atomic E-state index is 14.9. The SMILES string of the molecule is C=CC(=O)Nc1cccc(OCc2cc3c(Oc4ccc(NC(=O)NC(=O)Cc5ccc(F)cc5)cc4F)ccnc3[nH]2)c1. The van der Waals surface area contributed by atoms with E-state index in [1.54, 1.807) is 36.4 Å². The third kappa shape index (κ3) is 7.62. The number of aromatic nitrogens is 2. The number of fused-ring (bicyclic) bond motifs is 1. The number of aromatic amines is 1. The molecule has 222 valence electrons. The summed E-state index contributed by atoms with van der Waals surface area (Å²) in [5.74, 6) is -1.39. The van der Waals surface area contributed by atoms with Gasteiger partial charge in [-0.2, -0.15) is 0 Å². The van der Waals surface area contributed by atoms with Gasteiger partial charge < -0.3 is 25.1 Å². The van der Waals surface area contributed by atoms with Gasteiger partial charge in [0, 0.05) is 29.7 Å². The lowest BCUT2D eigenvalue weighted by Crippen LogP contribution is -2.35. The topological polar surface area (TPSA) is 134 Å². The fourth-order valence-electron chi connectivity index (χ4n) is 4.14. The summed E-state index contributed by atoms with van der Waals surface area (Å²) in [6.07, 6.45) is 2.54. The number of ether oxygens (including phenoxy) is 2.